The Labute approximate surface area is 59.9 Å². The topological polar surface area (TPSA) is 44.4 Å². The SMILES string of the molecule is C=CC(=O)NN1CCNC1. The van der Waals surface area contributed by atoms with Crippen molar-refractivity contribution in [2.75, 3.05) is 19.8 Å². The average molecular weight is 141 g/mol. The van der Waals surface area contributed by atoms with Crippen molar-refractivity contribution in [1.29, 1.82) is 0 Å². The molecule has 2 N–H and O–H groups in total. The number of hydrazine groups is 1. The van der Waals surface area contributed by atoms with Gasteiger partial charge in [-0.05, 0) is 6.08 Å². The first kappa shape index (κ1) is 7.24. The van der Waals surface area contributed by atoms with Gasteiger partial charge in [-0.15, -0.1) is 0 Å². The van der Waals surface area contributed by atoms with Crippen molar-refractivity contribution >= 4 is 5.91 Å². The summed E-state index contributed by atoms with van der Waals surface area (Å²) in [5.41, 5.74) is 2.64. The third kappa shape index (κ3) is 1.82. The van der Waals surface area contributed by atoms with Gasteiger partial charge in [0.2, 0.25) is 0 Å². The van der Waals surface area contributed by atoms with Gasteiger partial charge in [0.1, 0.15) is 0 Å². The molecule has 0 saturated carbocycles. The van der Waals surface area contributed by atoms with Gasteiger partial charge in [-0.2, -0.15) is 0 Å². The molecule has 1 saturated heterocycles. The van der Waals surface area contributed by atoms with Crippen LogP contribution in [-0.2, 0) is 4.79 Å². The van der Waals surface area contributed by atoms with Gasteiger partial charge in [-0.1, -0.05) is 6.58 Å². The van der Waals surface area contributed by atoms with Gasteiger partial charge in [0, 0.05) is 13.1 Å². The molecule has 0 spiro atoms. The van der Waals surface area contributed by atoms with E-state index >= 15 is 0 Å². The number of hydrogen-bond donors (Lipinski definition) is 2. The van der Waals surface area contributed by atoms with Crippen LogP contribution >= 0.6 is 0 Å². The lowest BCUT2D eigenvalue weighted by atomic mass is 10.6. The largest absolute Gasteiger partial charge is 0.302 e. The molecule has 0 unspecified atom stereocenters. The summed E-state index contributed by atoms with van der Waals surface area (Å²) >= 11 is 0. The van der Waals surface area contributed by atoms with Crippen LogP contribution in [0.5, 0.6) is 0 Å². The molecule has 0 radical (unpaired) electrons. The van der Waals surface area contributed by atoms with E-state index in [0.29, 0.717) is 0 Å². The molecule has 0 aromatic rings. The summed E-state index contributed by atoms with van der Waals surface area (Å²) in [5.74, 6) is -0.149. The first-order valence-electron chi connectivity index (χ1n) is 3.21. The fourth-order valence-electron chi connectivity index (χ4n) is 0.804. The van der Waals surface area contributed by atoms with Gasteiger partial charge < -0.3 is 5.32 Å². The molecular formula is C6H11N3O. The molecule has 1 heterocycles. The standard InChI is InChI=1S/C6H11N3O/c1-2-6(10)8-9-4-3-7-5-9/h2,7H,1,3-5H2,(H,8,10). The summed E-state index contributed by atoms with van der Waals surface area (Å²) in [6, 6.07) is 0. The molecule has 0 aromatic carbocycles. The zero-order valence-electron chi connectivity index (χ0n) is 5.76. The zero-order chi connectivity index (χ0) is 7.40. The fraction of sp³-hybridized carbons (Fsp3) is 0.500. The Morgan fingerprint density at radius 2 is 2.60 bits per heavy atom. The summed E-state index contributed by atoms with van der Waals surface area (Å²) in [6.07, 6.45) is 1.26. The molecule has 0 aliphatic carbocycles. The third-order valence-corrected chi connectivity index (χ3v) is 1.31. The molecule has 4 nitrogen and oxygen atoms in total. The van der Waals surface area contributed by atoms with E-state index in [4.69, 9.17) is 0 Å². The van der Waals surface area contributed by atoms with E-state index in [1.54, 1.807) is 0 Å². The van der Waals surface area contributed by atoms with Crippen molar-refractivity contribution in [3.05, 3.63) is 12.7 Å². The van der Waals surface area contributed by atoms with E-state index in [-0.39, 0.29) is 5.91 Å². The fourth-order valence-corrected chi connectivity index (χ4v) is 0.804. The first-order chi connectivity index (χ1) is 4.83. The van der Waals surface area contributed by atoms with Crippen LogP contribution < -0.4 is 10.7 Å². The maximum Gasteiger partial charge on any atom is 0.257 e. The number of nitrogens with one attached hydrogen (secondary N) is 2. The smallest absolute Gasteiger partial charge is 0.257 e. The second-order valence-electron chi connectivity index (χ2n) is 2.10. The molecule has 1 amide bonds. The average Bonchev–Trinajstić information content (AvgIpc) is 2.40. The molecule has 0 bridgehead atoms. The van der Waals surface area contributed by atoms with Crippen molar-refractivity contribution in [2.24, 2.45) is 0 Å². The maximum atomic E-state index is 10.7. The Kier molecular flexibility index (Phi) is 2.42. The van der Waals surface area contributed by atoms with E-state index in [1.807, 2.05) is 5.01 Å². The monoisotopic (exact) mass is 141 g/mol. The quantitative estimate of drug-likeness (QED) is 0.488. The number of carbonyl (C=O) groups excluding carboxylic acids is 1. The normalized spacial score (nSPS) is 18.8. The van der Waals surface area contributed by atoms with Gasteiger partial charge in [0.05, 0.1) is 6.67 Å². The Morgan fingerprint density at radius 1 is 1.80 bits per heavy atom. The number of amides is 1. The number of hydrogen-bond acceptors (Lipinski definition) is 3. The molecule has 1 aliphatic rings. The Balaban J connectivity index is 2.23. The molecule has 1 fully saturated rings. The van der Waals surface area contributed by atoms with Crippen molar-refractivity contribution < 1.29 is 4.79 Å². The summed E-state index contributed by atoms with van der Waals surface area (Å²) in [4.78, 5) is 10.7. The van der Waals surface area contributed by atoms with Crippen LogP contribution in [-0.4, -0.2) is 30.7 Å². The molecule has 0 atom stereocenters. The molecule has 1 rings (SSSR count). The van der Waals surface area contributed by atoms with E-state index in [2.05, 4.69) is 17.3 Å². The van der Waals surface area contributed by atoms with Gasteiger partial charge in [0.25, 0.3) is 5.91 Å². The van der Waals surface area contributed by atoms with Crippen LogP contribution in [0, 0.1) is 0 Å². The molecule has 0 aromatic heterocycles. The van der Waals surface area contributed by atoms with Crippen molar-refractivity contribution in [3.8, 4) is 0 Å². The van der Waals surface area contributed by atoms with Gasteiger partial charge in [-0.25, -0.2) is 5.01 Å². The highest BCUT2D eigenvalue weighted by molar-refractivity contribution is 5.86. The molecule has 4 heteroatoms. The third-order valence-electron chi connectivity index (χ3n) is 1.31. The van der Waals surface area contributed by atoms with E-state index in [1.165, 1.54) is 6.08 Å². The van der Waals surface area contributed by atoms with Gasteiger partial charge >= 0.3 is 0 Å². The van der Waals surface area contributed by atoms with E-state index < -0.39 is 0 Å². The van der Waals surface area contributed by atoms with Crippen molar-refractivity contribution in [2.45, 2.75) is 0 Å². The summed E-state index contributed by atoms with van der Waals surface area (Å²) in [5, 5.41) is 4.89. The Hall–Kier alpha value is -0.870. The minimum Gasteiger partial charge on any atom is -0.302 e. The highest BCUT2D eigenvalue weighted by Crippen LogP contribution is 1.85. The zero-order valence-corrected chi connectivity index (χ0v) is 5.76. The summed E-state index contributed by atoms with van der Waals surface area (Å²) < 4.78 is 0. The summed E-state index contributed by atoms with van der Waals surface area (Å²) in [7, 11) is 0. The van der Waals surface area contributed by atoms with E-state index in [0.717, 1.165) is 19.8 Å². The molecule has 56 valence electrons. The molecule has 10 heavy (non-hydrogen) atoms. The second kappa shape index (κ2) is 3.34. The number of carbonyl (C=O) groups is 1. The number of rotatable bonds is 2. The van der Waals surface area contributed by atoms with Crippen LogP contribution in [0.4, 0.5) is 0 Å². The lowest BCUT2D eigenvalue weighted by molar-refractivity contribution is -0.120. The van der Waals surface area contributed by atoms with Crippen LogP contribution in [0.1, 0.15) is 0 Å². The minimum absolute atomic E-state index is 0.149. The molecule has 1 aliphatic heterocycles. The molecular weight excluding hydrogens is 130 g/mol. The van der Waals surface area contributed by atoms with Crippen LogP contribution in [0.15, 0.2) is 12.7 Å². The summed E-state index contributed by atoms with van der Waals surface area (Å²) in [6.45, 7) is 5.85. The second-order valence-corrected chi connectivity index (χ2v) is 2.10. The Morgan fingerprint density at radius 3 is 3.10 bits per heavy atom. The van der Waals surface area contributed by atoms with Crippen LogP contribution in [0.25, 0.3) is 0 Å². The van der Waals surface area contributed by atoms with E-state index in [9.17, 15) is 4.79 Å². The lowest BCUT2D eigenvalue weighted by Gasteiger charge is -2.12. The predicted molar refractivity (Wildman–Crippen MR) is 37.9 cm³/mol. The lowest BCUT2D eigenvalue weighted by Crippen LogP contribution is -2.40. The highest BCUT2D eigenvalue weighted by Gasteiger charge is 2.10. The highest BCUT2D eigenvalue weighted by atomic mass is 16.2. The van der Waals surface area contributed by atoms with Gasteiger partial charge in [-0.3, -0.25) is 10.2 Å². The van der Waals surface area contributed by atoms with Crippen LogP contribution in [0.2, 0.25) is 0 Å². The minimum atomic E-state index is -0.149. The predicted octanol–water partition coefficient (Wildman–Crippen LogP) is -0.934. The number of nitrogens with zero attached hydrogens (tertiary/aromatic N) is 1. The Bertz CT molecular complexity index is 140. The van der Waals surface area contributed by atoms with Gasteiger partial charge in [0.15, 0.2) is 0 Å². The van der Waals surface area contributed by atoms with Crippen molar-refractivity contribution in [1.82, 2.24) is 15.8 Å². The van der Waals surface area contributed by atoms with Crippen LogP contribution in [0.3, 0.4) is 0 Å². The maximum absolute atomic E-state index is 10.7. The van der Waals surface area contributed by atoms with Crippen molar-refractivity contribution in [3.63, 3.8) is 0 Å². The first-order valence-corrected chi connectivity index (χ1v) is 3.21.